The molecule has 0 radical (unpaired) electrons. The summed E-state index contributed by atoms with van der Waals surface area (Å²) in [4.78, 5) is 28.8. The topological polar surface area (TPSA) is 61.8 Å². The van der Waals surface area contributed by atoms with Crippen LogP contribution >= 0.6 is 0 Å². The van der Waals surface area contributed by atoms with Gasteiger partial charge in [-0.25, -0.2) is 14.4 Å². The molecule has 7 nitrogen and oxygen atoms in total. The number of morpholine rings is 1. The Morgan fingerprint density at radius 2 is 1.76 bits per heavy atom. The van der Waals surface area contributed by atoms with Gasteiger partial charge in [0.05, 0.1) is 24.5 Å². The zero-order chi connectivity index (χ0) is 24.2. The molecule has 0 N–H and O–H groups in total. The molecule has 0 bridgehead atoms. The second-order valence-corrected chi connectivity index (χ2v) is 8.69. The van der Waals surface area contributed by atoms with E-state index in [-0.39, 0.29) is 28.8 Å². The Labute approximate surface area is 199 Å². The first kappa shape index (κ1) is 23.6. The molecule has 0 atom stereocenters. The van der Waals surface area contributed by atoms with Crippen LogP contribution in [0.5, 0.6) is 0 Å². The van der Waals surface area contributed by atoms with Crippen molar-refractivity contribution in [2.45, 2.75) is 19.9 Å². The third-order valence-corrected chi connectivity index (χ3v) is 5.79. The standard InChI is InChI=1S/C26H30FN5O2/c1-18(2)32(20-9-7-8-19(16-20)30(3)4)25(33)22-17-28-26(31-12-14-34-15-13-31)29-24(22)21-10-5-6-11-23(21)27/h5-11,16-18H,12-15H2,1-4H3. The number of anilines is 3. The molecule has 1 aliphatic rings. The number of carbonyl (C=O) groups excluding carboxylic acids is 1. The van der Waals surface area contributed by atoms with Crippen LogP contribution in [-0.4, -0.2) is 62.3 Å². The quantitative estimate of drug-likeness (QED) is 0.545. The number of nitrogens with zero attached hydrogens (tertiary/aromatic N) is 5. The summed E-state index contributed by atoms with van der Waals surface area (Å²) in [5, 5.41) is 0. The number of hydrogen-bond acceptors (Lipinski definition) is 6. The van der Waals surface area contributed by atoms with Crippen molar-refractivity contribution < 1.29 is 13.9 Å². The number of rotatable bonds is 6. The summed E-state index contributed by atoms with van der Waals surface area (Å²) in [5.41, 5.74) is 2.54. The van der Waals surface area contributed by atoms with Crippen LogP contribution in [-0.2, 0) is 4.74 Å². The van der Waals surface area contributed by atoms with Gasteiger partial charge in [-0.05, 0) is 44.2 Å². The van der Waals surface area contributed by atoms with Crippen LogP contribution in [0.25, 0.3) is 11.3 Å². The van der Waals surface area contributed by atoms with Gasteiger partial charge in [-0.3, -0.25) is 4.79 Å². The van der Waals surface area contributed by atoms with Crippen LogP contribution in [0.4, 0.5) is 21.7 Å². The number of ether oxygens (including phenoxy) is 1. The molecular formula is C26H30FN5O2. The van der Waals surface area contributed by atoms with E-state index in [2.05, 4.69) is 4.98 Å². The average molecular weight is 464 g/mol. The summed E-state index contributed by atoms with van der Waals surface area (Å²) in [5.74, 6) is -0.254. The largest absolute Gasteiger partial charge is 0.378 e. The molecule has 0 unspecified atom stereocenters. The monoisotopic (exact) mass is 463 g/mol. The zero-order valence-electron chi connectivity index (χ0n) is 20.0. The molecule has 1 saturated heterocycles. The van der Waals surface area contributed by atoms with E-state index in [1.54, 1.807) is 23.1 Å². The van der Waals surface area contributed by atoms with Crippen LogP contribution in [0.15, 0.2) is 54.7 Å². The summed E-state index contributed by atoms with van der Waals surface area (Å²) in [7, 11) is 3.91. The van der Waals surface area contributed by atoms with Crippen molar-refractivity contribution in [3.05, 3.63) is 66.1 Å². The van der Waals surface area contributed by atoms with Crippen molar-refractivity contribution in [3.63, 3.8) is 0 Å². The molecule has 0 aliphatic carbocycles. The van der Waals surface area contributed by atoms with Gasteiger partial charge in [0.1, 0.15) is 5.82 Å². The fourth-order valence-corrected chi connectivity index (χ4v) is 4.00. The summed E-state index contributed by atoms with van der Waals surface area (Å²) in [6.07, 6.45) is 1.52. The SMILES string of the molecule is CC(C)N(C(=O)c1cnc(N2CCOCC2)nc1-c1ccccc1F)c1cccc(N(C)C)c1. The minimum Gasteiger partial charge on any atom is -0.378 e. The van der Waals surface area contributed by atoms with Gasteiger partial charge >= 0.3 is 0 Å². The van der Waals surface area contributed by atoms with Crippen LogP contribution in [0.3, 0.4) is 0 Å². The van der Waals surface area contributed by atoms with Crippen LogP contribution in [0.1, 0.15) is 24.2 Å². The molecule has 4 rings (SSSR count). The van der Waals surface area contributed by atoms with Gasteiger partial charge in [0.25, 0.3) is 5.91 Å². The average Bonchev–Trinajstić information content (AvgIpc) is 2.84. The number of hydrogen-bond donors (Lipinski definition) is 0. The van der Waals surface area contributed by atoms with E-state index in [1.165, 1.54) is 12.3 Å². The molecule has 1 aliphatic heterocycles. The van der Waals surface area contributed by atoms with Gasteiger partial charge in [-0.2, -0.15) is 0 Å². The molecule has 178 valence electrons. The molecule has 1 amide bonds. The third-order valence-electron chi connectivity index (χ3n) is 5.79. The van der Waals surface area contributed by atoms with Gasteiger partial charge in [-0.15, -0.1) is 0 Å². The Morgan fingerprint density at radius 1 is 1.06 bits per heavy atom. The molecule has 34 heavy (non-hydrogen) atoms. The highest BCUT2D eigenvalue weighted by atomic mass is 19.1. The Balaban J connectivity index is 1.82. The lowest BCUT2D eigenvalue weighted by Gasteiger charge is -2.30. The summed E-state index contributed by atoms with van der Waals surface area (Å²) >= 11 is 0. The van der Waals surface area contributed by atoms with E-state index in [0.717, 1.165) is 11.4 Å². The van der Waals surface area contributed by atoms with Crippen molar-refractivity contribution >= 4 is 23.2 Å². The van der Waals surface area contributed by atoms with Gasteiger partial charge in [-0.1, -0.05) is 18.2 Å². The highest BCUT2D eigenvalue weighted by Crippen LogP contribution is 2.30. The highest BCUT2D eigenvalue weighted by Gasteiger charge is 2.27. The van der Waals surface area contributed by atoms with Crippen molar-refractivity contribution in [1.82, 2.24) is 9.97 Å². The first-order valence-electron chi connectivity index (χ1n) is 11.4. The summed E-state index contributed by atoms with van der Waals surface area (Å²) in [6.45, 7) is 6.32. The second-order valence-electron chi connectivity index (χ2n) is 8.69. The fourth-order valence-electron chi connectivity index (χ4n) is 4.00. The second kappa shape index (κ2) is 10.2. The maximum atomic E-state index is 14.9. The predicted octanol–water partition coefficient (Wildman–Crippen LogP) is 4.24. The Kier molecular flexibility index (Phi) is 7.07. The van der Waals surface area contributed by atoms with E-state index in [0.29, 0.717) is 32.3 Å². The summed E-state index contributed by atoms with van der Waals surface area (Å²) in [6, 6.07) is 14.0. The molecule has 3 aromatic rings. The lowest BCUT2D eigenvalue weighted by Crippen LogP contribution is -2.39. The maximum absolute atomic E-state index is 14.9. The van der Waals surface area contributed by atoms with Crippen LogP contribution in [0, 0.1) is 5.82 Å². The summed E-state index contributed by atoms with van der Waals surface area (Å²) < 4.78 is 20.3. The highest BCUT2D eigenvalue weighted by molar-refractivity contribution is 6.10. The van der Waals surface area contributed by atoms with E-state index in [1.807, 2.05) is 62.0 Å². The fraction of sp³-hybridized carbons (Fsp3) is 0.346. The molecule has 0 spiro atoms. The minimum absolute atomic E-state index is 0.141. The van der Waals surface area contributed by atoms with Crippen molar-refractivity contribution in [1.29, 1.82) is 0 Å². The normalized spacial score (nSPS) is 13.8. The van der Waals surface area contributed by atoms with Crippen molar-refractivity contribution in [3.8, 4) is 11.3 Å². The Bertz CT molecular complexity index is 1160. The number of halogens is 1. The third kappa shape index (κ3) is 4.87. The lowest BCUT2D eigenvalue weighted by molar-refractivity contribution is 0.0980. The lowest BCUT2D eigenvalue weighted by atomic mass is 10.0. The molecule has 0 saturated carbocycles. The number of aromatic nitrogens is 2. The van der Waals surface area contributed by atoms with Gasteiger partial charge in [0.15, 0.2) is 0 Å². The molecule has 8 heteroatoms. The Morgan fingerprint density at radius 3 is 2.44 bits per heavy atom. The van der Waals surface area contributed by atoms with Gasteiger partial charge in [0, 0.05) is 56.4 Å². The molecule has 1 aromatic heterocycles. The first-order valence-corrected chi connectivity index (χ1v) is 11.4. The molecule has 2 heterocycles. The van der Waals surface area contributed by atoms with Gasteiger partial charge in [0.2, 0.25) is 5.95 Å². The minimum atomic E-state index is -0.436. The smallest absolute Gasteiger partial charge is 0.262 e. The predicted molar refractivity (Wildman–Crippen MR) is 133 cm³/mol. The van der Waals surface area contributed by atoms with E-state index < -0.39 is 5.82 Å². The maximum Gasteiger partial charge on any atom is 0.262 e. The zero-order valence-corrected chi connectivity index (χ0v) is 20.0. The van der Waals surface area contributed by atoms with Crippen molar-refractivity contribution in [2.75, 3.05) is 55.1 Å². The Hall–Kier alpha value is -3.52. The van der Waals surface area contributed by atoms with E-state index >= 15 is 0 Å². The number of carbonyl (C=O) groups is 1. The number of benzene rings is 2. The number of amides is 1. The van der Waals surface area contributed by atoms with Crippen molar-refractivity contribution in [2.24, 2.45) is 0 Å². The van der Waals surface area contributed by atoms with Gasteiger partial charge < -0.3 is 19.4 Å². The van der Waals surface area contributed by atoms with Crippen LogP contribution in [0.2, 0.25) is 0 Å². The molecule has 2 aromatic carbocycles. The van der Waals surface area contributed by atoms with E-state index in [9.17, 15) is 9.18 Å². The molecular weight excluding hydrogens is 433 g/mol. The first-order chi connectivity index (χ1) is 16.4. The molecule has 1 fully saturated rings. The van der Waals surface area contributed by atoms with Crippen LogP contribution < -0.4 is 14.7 Å². The van der Waals surface area contributed by atoms with E-state index in [4.69, 9.17) is 9.72 Å².